The maximum Gasteiger partial charge on any atom is 0.408 e. The molecule has 1 aliphatic rings. The number of nitrogens with one attached hydrogen (secondary N) is 1. The molecule has 1 aromatic heterocycles. The van der Waals surface area contributed by atoms with Gasteiger partial charge in [-0.3, -0.25) is 0 Å². The van der Waals surface area contributed by atoms with E-state index in [0.29, 0.717) is 6.04 Å². The van der Waals surface area contributed by atoms with Gasteiger partial charge in [-0.05, 0) is 40.5 Å². The molecule has 0 radical (unpaired) electrons. The van der Waals surface area contributed by atoms with Crippen molar-refractivity contribution in [3.05, 3.63) is 18.2 Å². The number of carbonyl (C=O) groups excluding carboxylic acids is 1. The number of rotatable bonds is 3. The molecule has 0 aliphatic carbocycles. The molecule has 118 valence electrons. The van der Waals surface area contributed by atoms with Crippen LogP contribution in [0.2, 0.25) is 0 Å². The zero-order valence-corrected chi connectivity index (χ0v) is 13.3. The van der Waals surface area contributed by atoms with Gasteiger partial charge in [-0.1, -0.05) is 0 Å². The first-order valence-corrected chi connectivity index (χ1v) is 7.46. The van der Waals surface area contributed by atoms with Crippen molar-refractivity contribution in [1.82, 2.24) is 14.9 Å². The number of alkyl carbamates (subject to hydrolysis) is 1. The fourth-order valence-corrected chi connectivity index (χ4v) is 2.48. The lowest BCUT2D eigenvalue weighted by atomic mass is 10.1. The van der Waals surface area contributed by atoms with E-state index >= 15 is 0 Å². The van der Waals surface area contributed by atoms with Gasteiger partial charge < -0.3 is 19.4 Å². The van der Waals surface area contributed by atoms with Crippen molar-refractivity contribution in [2.75, 3.05) is 13.2 Å². The number of ether oxygens (including phenoxy) is 2. The van der Waals surface area contributed by atoms with E-state index in [0.717, 1.165) is 31.7 Å². The predicted molar refractivity (Wildman–Crippen MR) is 79.1 cm³/mol. The first-order valence-electron chi connectivity index (χ1n) is 7.46. The lowest BCUT2D eigenvalue weighted by molar-refractivity contribution is 0.0500. The maximum atomic E-state index is 11.9. The summed E-state index contributed by atoms with van der Waals surface area (Å²) in [4.78, 5) is 16.1. The number of carbonyl (C=O) groups is 1. The Balaban J connectivity index is 2.01. The molecule has 1 aromatic rings. The smallest absolute Gasteiger partial charge is 0.408 e. The summed E-state index contributed by atoms with van der Waals surface area (Å²) in [5, 5.41) is 2.87. The zero-order valence-electron chi connectivity index (χ0n) is 13.3. The first kappa shape index (κ1) is 15.8. The summed E-state index contributed by atoms with van der Waals surface area (Å²) in [7, 11) is 0. The van der Waals surface area contributed by atoms with Crippen molar-refractivity contribution in [2.45, 2.75) is 58.2 Å². The van der Waals surface area contributed by atoms with E-state index in [1.807, 2.05) is 34.0 Å². The third-order valence-corrected chi connectivity index (χ3v) is 3.46. The average Bonchev–Trinajstić information content (AvgIpc) is 2.86. The Morgan fingerprint density at radius 2 is 2.14 bits per heavy atom. The topological polar surface area (TPSA) is 65.4 Å². The molecule has 0 aromatic carbocycles. The minimum atomic E-state index is -0.495. The van der Waals surface area contributed by atoms with E-state index in [4.69, 9.17) is 9.47 Å². The standard InChI is InChI=1S/C15H25N3O3/c1-11(17-14(19)21-15(2,3)4)13-9-16-10-18(13)12-5-7-20-8-6-12/h9-12H,5-8H2,1-4H3,(H,17,19)/t11-/m0/s1. The predicted octanol–water partition coefficient (Wildman–Crippen LogP) is 2.82. The summed E-state index contributed by atoms with van der Waals surface area (Å²) in [6.45, 7) is 9.04. The van der Waals surface area contributed by atoms with E-state index in [1.165, 1.54) is 0 Å². The second-order valence-electron chi connectivity index (χ2n) is 6.44. The van der Waals surface area contributed by atoms with Crippen LogP contribution in [-0.2, 0) is 9.47 Å². The monoisotopic (exact) mass is 295 g/mol. The Bertz CT molecular complexity index is 473. The van der Waals surface area contributed by atoms with Gasteiger partial charge in [0.15, 0.2) is 0 Å². The molecule has 2 rings (SSSR count). The molecule has 0 saturated carbocycles. The van der Waals surface area contributed by atoms with Gasteiger partial charge >= 0.3 is 6.09 Å². The second kappa shape index (κ2) is 6.47. The van der Waals surface area contributed by atoms with Gasteiger partial charge in [-0.25, -0.2) is 9.78 Å². The van der Waals surface area contributed by atoms with Crippen LogP contribution >= 0.6 is 0 Å². The zero-order chi connectivity index (χ0) is 15.5. The third kappa shape index (κ3) is 4.46. The van der Waals surface area contributed by atoms with E-state index in [9.17, 15) is 4.79 Å². The van der Waals surface area contributed by atoms with Crippen LogP contribution in [0.15, 0.2) is 12.5 Å². The van der Waals surface area contributed by atoms with Crippen LogP contribution in [0.5, 0.6) is 0 Å². The summed E-state index contributed by atoms with van der Waals surface area (Å²) < 4.78 is 12.8. The van der Waals surface area contributed by atoms with E-state index < -0.39 is 11.7 Å². The third-order valence-electron chi connectivity index (χ3n) is 3.46. The van der Waals surface area contributed by atoms with Crippen molar-refractivity contribution >= 4 is 6.09 Å². The molecule has 2 heterocycles. The number of hydrogen-bond acceptors (Lipinski definition) is 4. The molecule has 1 saturated heterocycles. The van der Waals surface area contributed by atoms with Crippen LogP contribution in [-0.4, -0.2) is 34.5 Å². The van der Waals surface area contributed by atoms with Crippen molar-refractivity contribution in [1.29, 1.82) is 0 Å². The molecule has 0 bridgehead atoms. The fraction of sp³-hybridized carbons (Fsp3) is 0.733. The van der Waals surface area contributed by atoms with E-state index in [-0.39, 0.29) is 6.04 Å². The highest BCUT2D eigenvalue weighted by atomic mass is 16.6. The summed E-state index contributed by atoms with van der Waals surface area (Å²) in [5.74, 6) is 0. The van der Waals surface area contributed by atoms with Crippen molar-refractivity contribution in [3.63, 3.8) is 0 Å². The van der Waals surface area contributed by atoms with Crippen LogP contribution in [0.25, 0.3) is 0 Å². The molecule has 0 unspecified atom stereocenters. The van der Waals surface area contributed by atoms with Gasteiger partial charge in [0.1, 0.15) is 5.60 Å². The molecule has 0 spiro atoms. The molecule has 1 N–H and O–H groups in total. The second-order valence-corrected chi connectivity index (χ2v) is 6.44. The SMILES string of the molecule is C[C@H](NC(=O)OC(C)(C)C)c1cncn1C1CCOCC1. The lowest BCUT2D eigenvalue weighted by Gasteiger charge is -2.27. The van der Waals surface area contributed by atoms with Gasteiger partial charge in [0, 0.05) is 19.3 Å². The lowest BCUT2D eigenvalue weighted by Crippen LogP contribution is -2.35. The number of aromatic nitrogens is 2. The Morgan fingerprint density at radius 3 is 2.76 bits per heavy atom. The van der Waals surface area contributed by atoms with Crippen LogP contribution in [0.3, 0.4) is 0 Å². The van der Waals surface area contributed by atoms with Gasteiger partial charge in [-0.2, -0.15) is 0 Å². The molecule has 1 aliphatic heterocycles. The quantitative estimate of drug-likeness (QED) is 0.931. The summed E-state index contributed by atoms with van der Waals surface area (Å²) in [5.41, 5.74) is 0.498. The number of imidazole rings is 1. The molecule has 6 nitrogen and oxygen atoms in total. The summed E-state index contributed by atoms with van der Waals surface area (Å²) in [6.07, 6.45) is 5.18. The highest BCUT2D eigenvalue weighted by Gasteiger charge is 2.23. The van der Waals surface area contributed by atoms with Gasteiger partial charge in [0.05, 0.1) is 24.3 Å². The highest BCUT2D eigenvalue weighted by Crippen LogP contribution is 2.25. The first-order chi connectivity index (χ1) is 9.87. The van der Waals surface area contributed by atoms with E-state index in [2.05, 4.69) is 14.9 Å². The minimum absolute atomic E-state index is 0.148. The molecule has 1 amide bonds. The Labute approximate surface area is 125 Å². The molecule has 1 atom stereocenters. The number of amides is 1. The normalized spacial score (nSPS) is 18.3. The van der Waals surface area contributed by atoms with Gasteiger partial charge in [0.2, 0.25) is 0 Å². The Kier molecular flexibility index (Phi) is 4.88. The molecular weight excluding hydrogens is 270 g/mol. The average molecular weight is 295 g/mol. The molecule has 1 fully saturated rings. The van der Waals surface area contributed by atoms with Crippen LogP contribution in [0.4, 0.5) is 4.79 Å². The highest BCUT2D eigenvalue weighted by molar-refractivity contribution is 5.68. The number of nitrogens with zero attached hydrogens (tertiary/aromatic N) is 2. The van der Waals surface area contributed by atoms with Crippen LogP contribution in [0, 0.1) is 0 Å². The minimum Gasteiger partial charge on any atom is -0.444 e. The van der Waals surface area contributed by atoms with Crippen molar-refractivity contribution < 1.29 is 14.3 Å². The van der Waals surface area contributed by atoms with Crippen LogP contribution in [0.1, 0.15) is 58.3 Å². The fourth-order valence-electron chi connectivity index (χ4n) is 2.48. The molecule has 6 heteroatoms. The van der Waals surface area contributed by atoms with Gasteiger partial charge in [0.25, 0.3) is 0 Å². The molecular formula is C15H25N3O3. The molecule has 21 heavy (non-hydrogen) atoms. The summed E-state index contributed by atoms with van der Waals surface area (Å²) >= 11 is 0. The Hall–Kier alpha value is -1.56. The Morgan fingerprint density at radius 1 is 1.48 bits per heavy atom. The van der Waals surface area contributed by atoms with Crippen LogP contribution < -0.4 is 5.32 Å². The van der Waals surface area contributed by atoms with Crippen molar-refractivity contribution in [3.8, 4) is 0 Å². The largest absolute Gasteiger partial charge is 0.444 e. The number of hydrogen-bond donors (Lipinski definition) is 1. The van der Waals surface area contributed by atoms with Gasteiger partial charge in [-0.15, -0.1) is 0 Å². The van der Waals surface area contributed by atoms with E-state index in [1.54, 1.807) is 6.20 Å². The summed E-state index contributed by atoms with van der Waals surface area (Å²) in [6, 6.07) is 0.240. The van der Waals surface area contributed by atoms with Crippen molar-refractivity contribution in [2.24, 2.45) is 0 Å². The maximum absolute atomic E-state index is 11.9.